The molecule has 0 atom stereocenters. The molecule has 0 bridgehead atoms. The van der Waals surface area contributed by atoms with Crippen LogP contribution in [-0.4, -0.2) is 16.8 Å². The minimum atomic E-state index is 0.113. The number of carbonyl (C=O) groups is 1. The molecule has 0 saturated heterocycles. The Kier molecular flexibility index (Phi) is 4.81. The minimum absolute atomic E-state index is 0.113. The van der Waals surface area contributed by atoms with Crippen LogP contribution in [0.1, 0.15) is 34.0 Å². The van der Waals surface area contributed by atoms with Gasteiger partial charge in [-0.25, -0.2) is 0 Å². The summed E-state index contributed by atoms with van der Waals surface area (Å²) in [5.74, 6) is 0.113. The van der Waals surface area contributed by atoms with Gasteiger partial charge in [-0.15, -0.1) is 22.7 Å². The molecular formula is C14H16BrNOS2. The fourth-order valence-corrected chi connectivity index (χ4v) is 3.96. The fraction of sp³-hybridized carbons (Fsp3) is 0.357. The smallest absolute Gasteiger partial charge is 0.264 e. The summed E-state index contributed by atoms with van der Waals surface area (Å²) in [5, 5.41) is 2.05. The molecule has 0 unspecified atom stereocenters. The molecule has 19 heavy (non-hydrogen) atoms. The van der Waals surface area contributed by atoms with Gasteiger partial charge in [0.25, 0.3) is 5.91 Å². The molecule has 0 fully saturated rings. The van der Waals surface area contributed by atoms with Crippen LogP contribution in [0.25, 0.3) is 0 Å². The molecule has 0 aliphatic heterocycles. The molecule has 2 nitrogen and oxygen atoms in total. The highest BCUT2D eigenvalue weighted by molar-refractivity contribution is 9.11. The van der Waals surface area contributed by atoms with E-state index in [0.717, 1.165) is 14.2 Å². The quantitative estimate of drug-likeness (QED) is 0.759. The lowest BCUT2D eigenvalue weighted by Gasteiger charge is -2.25. The van der Waals surface area contributed by atoms with E-state index >= 15 is 0 Å². The van der Waals surface area contributed by atoms with Crippen molar-refractivity contribution >= 4 is 44.5 Å². The first-order valence-electron chi connectivity index (χ1n) is 6.08. The Morgan fingerprint density at radius 1 is 1.47 bits per heavy atom. The van der Waals surface area contributed by atoms with Gasteiger partial charge in [-0.3, -0.25) is 4.79 Å². The van der Waals surface area contributed by atoms with Crippen LogP contribution in [0.2, 0.25) is 0 Å². The van der Waals surface area contributed by atoms with E-state index in [0.29, 0.717) is 6.54 Å². The first kappa shape index (κ1) is 14.8. The normalized spacial score (nSPS) is 11.0. The lowest BCUT2D eigenvalue weighted by Crippen LogP contribution is -2.35. The van der Waals surface area contributed by atoms with E-state index in [1.807, 2.05) is 29.3 Å². The van der Waals surface area contributed by atoms with Gasteiger partial charge in [0, 0.05) is 10.9 Å². The van der Waals surface area contributed by atoms with Gasteiger partial charge < -0.3 is 4.90 Å². The van der Waals surface area contributed by atoms with Gasteiger partial charge >= 0.3 is 0 Å². The molecule has 5 heteroatoms. The van der Waals surface area contributed by atoms with Crippen LogP contribution in [0.3, 0.4) is 0 Å². The van der Waals surface area contributed by atoms with Crippen LogP contribution in [0.15, 0.2) is 27.4 Å². The molecule has 2 heterocycles. The van der Waals surface area contributed by atoms with Crippen molar-refractivity contribution in [3.8, 4) is 0 Å². The predicted molar refractivity (Wildman–Crippen MR) is 86.1 cm³/mol. The summed E-state index contributed by atoms with van der Waals surface area (Å²) >= 11 is 6.68. The van der Waals surface area contributed by atoms with E-state index in [9.17, 15) is 4.79 Å². The van der Waals surface area contributed by atoms with Crippen LogP contribution >= 0.6 is 38.6 Å². The average Bonchev–Trinajstić information content (AvgIpc) is 2.96. The number of rotatable bonds is 4. The molecule has 0 spiro atoms. The van der Waals surface area contributed by atoms with Crippen molar-refractivity contribution in [2.24, 2.45) is 0 Å². The molecule has 0 aromatic carbocycles. The van der Waals surface area contributed by atoms with Crippen molar-refractivity contribution in [3.05, 3.63) is 42.7 Å². The van der Waals surface area contributed by atoms with E-state index < -0.39 is 0 Å². The zero-order valence-corrected chi connectivity index (χ0v) is 14.4. The Balaban J connectivity index is 2.21. The minimum Gasteiger partial charge on any atom is -0.330 e. The van der Waals surface area contributed by atoms with Crippen molar-refractivity contribution < 1.29 is 4.79 Å². The SMILES string of the molecule is Cc1cc(C(=O)N(Cc2cccs2)C(C)C)sc1Br. The molecular weight excluding hydrogens is 342 g/mol. The molecule has 0 radical (unpaired) electrons. The Morgan fingerprint density at radius 2 is 2.21 bits per heavy atom. The van der Waals surface area contributed by atoms with Crippen molar-refractivity contribution in [2.45, 2.75) is 33.4 Å². The number of nitrogens with zero attached hydrogens (tertiary/aromatic N) is 1. The molecule has 2 aromatic heterocycles. The number of thiophene rings is 2. The maximum absolute atomic E-state index is 12.6. The lowest BCUT2D eigenvalue weighted by molar-refractivity contribution is 0.0697. The van der Waals surface area contributed by atoms with Crippen LogP contribution < -0.4 is 0 Å². The number of carbonyl (C=O) groups excluding carboxylic acids is 1. The van der Waals surface area contributed by atoms with Gasteiger partial charge in [0.1, 0.15) is 0 Å². The van der Waals surface area contributed by atoms with Crippen LogP contribution in [-0.2, 0) is 6.54 Å². The van der Waals surface area contributed by atoms with E-state index in [1.54, 1.807) is 11.3 Å². The van der Waals surface area contributed by atoms with E-state index in [-0.39, 0.29) is 11.9 Å². The maximum Gasteiger partial charge on any atom is 0.264 e. The highest BCUT2D eigenvalue weighted by Gasteiger charge is 2.21. The van der Waals surface area contributed by atoms with Crippen LogP contribution in [0.5, 0.6) is 0 Å². The summed E-state index contributed by atoms with van der Waals surface area (Å²) in [6, 6.07) is 6.24. The predicted octanol–water partition coefficient (Wildman–Crippen LogP) is 4.93. The van der Waals surface area contributed by atoms with E-state index in [4.69, 9.17) is 0 Å². The molecule has 0 aliphatic carbocycles. The highest BCUT2D eigenvalue weighted by Crippen LogP contribution is 2.29. The van der Waals surface area contributed by atoms with E-state index in [2.05, 4.69) is 35.8 Å². The third-order valence-corrected chi connectivity index (χ3v) is 5.84. The standard InChI is InChI=1S/C14H16BrNOS2/c1-9(2)16(8-11-5-4-6-18-11)14(17)12-7-10(3)13(15)19-12/h4-7,9H,8H2,1-3H3. The molecule has 102 valence electrons. The molecule has 1 amide bonds. The number of halogens is 1. The highest BCUT2D eigenvalue weighted by atomic mass is 79.9. The summed E-state index contributed by atoms with van der Waals surface area (Å²) in [7, 11) is 0. The second-order valence-electron chi connectivity index (χ2n) is 4.67. The molecule has 0 saturated carbocycles. The first-order valence-corrected chi connectivity index (χ1v) is 8.57. The van der Waals surface area contributed by atoms with Gasteiger partial charge in [-0.2, -0.15) is 0 Å². The first-order chi connectivity index (χ1) is 8.99. The Labute approximate surface area is 130 Å². The Bertz CT molecular complexity index is 541. The van der Waals surface area contributed by atoms with Crippen molar-refractivity contribution in [1.82, 2.24) is 4.90 Å². The average molecular weight is 358 g/mol. The summed E-state index contributed by atoms with van der Waals surface area (Å²) in [6.45, 7) is 6.81. The molecule has 0 aliphatic rings. The van der Waals surface area contributed by atoms with Gasteiger partial charge in [0.2, 0.25) is 0 Å². The number of hydrogen-bond donors (Lipinski definition) is 0. The largest absolute Gasteiger partial charge is 0.330 e. The molecule has 0 N–H and O–H groups in total. The van der Waals surface area contributed by atoms with Crippen molar-refractivity contribution in [2.75, 3.05) is 0 Å². The second kappa shape index (κ2) is 6.20. The molecule has 2 rings (SSSR count). The van der Waals surface area contributed by atoms with E-state index in [1.165, 1.54) is 16.2 Å². The number of amides is 1. The third-order valence-electron chi connectivity index (χ3n) is 2.86. The fourth-order valence-electron chi connectivity index (χ4n) is 1.77. The van der Waals surface area contributed by atoms with Gasteiger partial charge in [-0.1, -0.05) is 6.07 Å². The van der Waals surface area contributed by atoms with Gasteiger partial charge in [-0.05, 0) is 59.8 Å². The Hall–Kier alpha value is -0.650. The number of aryl methyl sites for hydroxylation is 1. The summed E-state index contributed by atoms with van der Waals surface area (Å²) in [5.41, 5.74) is 1.12. The van der Waals surface area contributed by atoms with Crippen molar-refractivity contribution in [3.63, 3.8) is 0 Å². The molecule has 2 aromatic rings. The Morgan fingerprint density at radius 3 is 2.68 bits per heavy atom. The zero-order valence-electron chi connectivity index (χ0n) is 11.1. The monoisotopic (exact) mass is 357 g/mol. The maximum atomic E-state index is 12.6. The van der Waals surface area contributed by atoms with Gasteiger partial charge in [0.05, 0.1) is 15.2 Å². The third kappa shape index (κ3) is 3.46. The van der Waals surface area contributed by atoms with Crippen LogP contribution in [0, 0.1) is 6.92 Å². The van der Waals surface area contributed by atoms with Crippen LogP contribution in [0.4, 0.5) is 0 Å². The topological polar surface area (TPSA) is 20.3 Å². The van der Waals surface area contributed by atoms with Gasteiger partial charge in [0.15, 0.2) is 0 Å². The lowest BCUT2D eigenvalue weighted by atomic mass is 10.2. The summed E-state index contributed by atoms with van der Waals surface area (Å²) < 4.78 is 1.04. The summed E-state index contributed by atoms with van der Waals surface area (Å²) in [6.07, 6.45) is 0. The summed E-state index contributed by atoms with van der Waals surface area (Å²) in [4.78, 5) is 16.5. The van der Waals surface area contributed by atoms with Crippen molar-refractivity contribution in [1.29, 1.82) is 0 Å². The second-order valence-corrected chi connectivity index (χ2v) is 8.08. The zero-order chi connectivity index (χ0) is 14.0. The number of hydrogen-bond acceptors (Lipinski definition) is 3.